The number of likely N-dealkylation sites (tertiary alicyclic amines) is 1. The monoisotopic (exact) mass is 512 g/mol. The smallest absolute Gasteiger partial charge is 0.276 e. The molecule has 184 valence electrons. The Balaban J connectivity index is 0.00000162. The molecular weight excluding hydrogens is 486 g/mol. The lowest BCUT2D eigenvalue weighted by Gasteiger charge is -2.32. The maximum Gasteiger partial charge on any atom is 0.276 e. The van der Waals surface area contributed by atoms with Crippen molar-refractivity contribution in [2.24, 2.45) is 0 Å². The fraction of sp³-hybridized carbons (Fsp3) is 0.455. The summed E-state index contributed by atoms with van der Waals surface area (Å²) in [6, 6.07) is 6.52. The molecule has 0 amide bonds. The van der Waals surface area contributed by atoms with Crippen LogP contribution in [0.5, 0.6) is 11.6 Å². The number of nitrogens with one attached hydrogen (secondary N) is 2. The van der Waals surface area contributed by atoms with Crippen LogP contribution in [0.1, 0.15) is 24.2 Å². The zero-order chi connectivity index (χ0) is 21.9. The molecule has 2 aliphatic rings. The summed E-state index contributed by atoms with van der Waals surface area (Å²) in [5, 5.41) is 11.8. The summed E-state index contributed by atoms with van der Waals surface area (Å²) in [5.41, 5.74) is 2.10. The molecule has 2 N–H and O–H groups in total. The summed E-state index contributed by atoms with van der Waals surface area (Å²) >= 11 is 0. The molecule has 0 radical (unpaired) electrons. The topological polar surface area (TPSA) is 105 Å². The van der Waals surface area contributed by atoms with Gasteiger partial charge in [-0.25, -0.2) is 9.37 Å². The minimum Gasteiger partial charge on any atom is -0.484 e. The molecule has 0 bridgehead atoms. The van der Waals surface area contributed by atoms with Crippen LogP contribution < -0.4 is 20.3 Å². The third kappa shape index (κ3) is 6.12. The summed E-state index contributed by atoms with van der Waals surface area (Å²) in [6.45, 7) is 4.32. The predicted octanol–water partition coefficient (Wildman–Crippen LogP) is 2.26. The van der Waals surface area contributed by atoms with E-state index in [9.17, 15) is 9.18 Å². The standard InChI is InChI=1S/C22H25FN6O3.2ClH/c23-14-1-2-17-19(11-14)26-21(30)18(25-17)5-8-29-6-3-15(4-7-29)24-13-16-12-20-22(28-27-16)32-10-9-31-20;;/h1-2,11-12,15,24H,3-10,13H2,(H,26,30);2*1H. The van der Waals surface area contributed by atoms with Crippen LogP contribution in [0.4, 0.5) is 4.39 Å². The first-order chi connectivity index (χ1) is 15.6. The molecule has 0 unspecified atom stereocenters. The molecular formula is C22H27Cl2FN6O3. The van der Waals surface area contributed by atoms with E-state index in [1.165, 1.54) is 12.1 Å². The Morgan fingerprint density at radius 1 is 1.12 bits per heavy atom. The normalized spacial score (nSPS) is 16.0. The third-order valence-corrected chi connectivity index (χ3v) is 5.91. The van der Waals surface area contributed by atoms with Crippen molar-refractivity contribution in [3.05, 3.63) is 51.8 Å². The van der Waals surface area contributed by atoms with E-state index in [4.69, 9.17) is 9.47 Å². The summed E-state index contributed by atoms with van der Waals surface area (Å²) in [4.78, 5) is 21.8. The van der Waals surface area contributed by atoms with Crippen LogP contribution in [0.2, 0.25) is 0 Å². The van der Waals surface area contributed by atoms with Gasteiger partial charge in [-0.15, -0.1) is 29.9 Å². The number of aromatic nitrogens is 4. The van der Waals surface area contributed by atoms with Crippen molar-refractivity contribution in [3.8, 4) is 11.6 Å². The van der Waals surface area contributed by atoms with Crippen LogP contribution in [0.3, 0.4) is 0 Å². The van der Waals surface area contributed by atoms with Gasteiger partial charge in [0.25, 0.3) is 11.4 Å². The van der Waals surface area contributed by atoms with Gasteiger partial charge in [-0.2, -0.15) is 5.10 Å². The van der Waals surface area contributed by atoms with Crippen LogP contribution in [0.25, 0.3) is 11.0 Å². The highest BCUT2D eigenvalue weighted by Crippen LogP contribution is 2.26. The number of hydrogen-bond acceptors (Lipinski definition) is 8. The molecule has 0 spiro atoms. The van der Waals surface area contributed by atoms with E-state index < -0.39 is 0 Å². The summed E-state index contributed by atoms with van der Waals surface area (Å²) in [7, 11) is 0. The Morgan fingerprint density at radius 2 is 1.91 bits per heavy atom. The summed E-state index contributed by atoms with van der Waals surface area (Å²) in [5.74, 6) is 0.723. The maximum atomic E-state index is 13.3. The van der Waals surface area contributed by atoms with Crippen molar-refractivity contribution in [2.45, 2.75) is 31.8 Å². The minimum absolute atomic E-state index is 0. The Bertz CT molecular complexity index is 1170. The van der Waals surface area contributed by atoms with Crippen molar-refractivity contribution >= 4 is 35.8 Å². The van der Waals surface area contributed by atoms with Gasteiger partial charge in [-0.3, -0.25) is 4.79 Å². The molecule has 0 atom stereocenters. The molecule has 3 aromatic rings. The lowest BCUT2D eigenvalue weighted by molar-refractivity contribution is 0.161. The molecule has 4 heterocycles. The van der Waals surface area contributed by atoms with Crippen molar-refractivity contribution < 1.29 is 13.9 Å². The van der Waals surface area contributed by atoms with Crippen molar-refractivity contribution in [2.75, 3.05) is 32.8 Å². The molecule has 34 heavy (non-hydrogen) atoms. The number of halogens is 3. The van der Waals surface area contributed by atoms with Gasteiger partial charge >= 0.3 is 0 Å². The second-order valence-corrected chi connectivity index (χ2v) is 8.12. The van der Waals surface area contributed by atoms with Crippen LogP contribution >= 0.6 is 24.8 Å². The first-order valence-electron chi connectivity index (χ1n) is 10.9. The van der Waals surface area contributed by atoms with Crippen molar-refractivity contribution in [1.82, 2.24) is 30.4 Å². The number of hydrogen-bond donors (Lipinski definition) is 2. The fourth-order valence-corrected chi connectivity index (χ4v) is 4.12. The lowest BCUT2D eigenvalue weighted by Crippen LogP contribution is -2.43. The SMILES string of the molecule is Cl.Cl.O=c1[nH]c2cc(F)ccc2nc1CCN1CCC(NCc2cc3c(nn2)OCCO3)CC1. The van der Waals surface area contributed by atoms with E-state index >= 15 is 0 Å². The van der Waals surface area contributed by atoms with Crippen molar-refractivity contribution in [3.63, 3.8) is 0 Å². The molecule has 5 rings (SSSR count). The molecule has 1 fully saturated rings. The summed E-state index contributed by atoms with van der Waals surface area (Å²) < 4.78 is 24.3. The molecule has 0 aliphatic carbocycles. The Labute approximate surface area is 208 Å². The van der Waals surface area contributed by atoms with Gasteiger partial charge in [-0.1, -0.05) is 0 Å². The summed E-state index contributed by atoms with van der Waals surface area (Å²) in [6.07, 6.45) is 2.59. The Hall–Kier alpha value is -2.53. The first kappa shape index (κ1) is 26.1. The fourth-order valence-electron chi connectivity index (χ4n) is 4.12. The zero-order valence-corrected chi connectivity index (χ0v) is 20.1. The second-order valence-electron chi connectivity index (χ2n) is 8.12. The van der Waals surface area contributed by atoms with Gasteiger partial charge in [0.05, 0.1) is 16.7 Å². The van der Waals surface area contributed by atoms with Gasteiger partial charge in [-0.05, 0) is 44.1 Å². The second kappa shape index (κ2) is 11.7. The van der Waals surface area contributed by atoms with Crippen LogP contribution in [-0.2, 0) is 13.0 Å². The number of ether oxygens (including phenoxy) is 2. The molecule has 0 saturated carbocycles. The van der Waals surface area contributed by atoms with E-state index in [0.717, 1.165) is 38.2 Å². The highest BCUT2D eigenvalue weighted by Gasteiger charge is 2.20. The van der Waals surface area contributed by atoms with Gasteiger partial charge in [0.15, 0.2) is 5.75 Å². The number of piperidine rings is 1. The van der Waals surface area contributed by atoms with Gasteiger partial charge in [0, 0.05) is 31.6 Å². The number of aromatic amines is 1. The molecule has 1 saturated heterocycles. The minimum atomic E-state index is -0.389. The Kier molecular flexibility index (Phi) is 9.01. The largest absolute Gasteiger partial charge is 0.484 e. The van der Waals surface area contributed by atoms with Crippen molar-refractivity contribution in [1.29, 1.82) is 0 Å². The quantitative estimate of drug-likeness (QED) is 0.518. The Morgan fingerprint density at radius 3 is 2.74 bits per heavy atom. The molecule has 9 nitrogen and oxygen atoms in total. The van der Waals surface area contributed by atoms with E-state index in [0.29, 0.717) is 60.6 Å². The van der Waals surface area contributed by atoms with Gasteiger partial charge < -0.3 is 24.7 Å². The van der Waals surface area contributed by atoms with E-state index in [2.05, 4.69) is 30.4 Å². The maximum absolute atomic E-state index is 13.3. The number of fused-ring (bicyclic) bond motifs is 2. The van der Waals surface area contributed by atoms with Crippen LogP contribution in [-0.4, -0.2) is 64.0 Å². The predicted molar refractivity (Wildman–Crippen MR) is 130 cm³/mol. The number of H-pyrrole nitrogens is 1. The number of benzene rings is 1. The van der Waals surface area contributed by atoms with E-state index in [1.807, 2.05) is 6.07 Å². The van der Waals surface area contributed by atoms with Gasteiger partial charge in [0.1, 0.15) is 24.7 Å². The number of nitrogens with zero attached hydrogens (tertiary/aromatic N) is 4. The zero-order valence-electron chi connectivity index (χ0n) is 18.5. The molecule has 1 aromatic carbocycles. The molecule has 12 heteroatoms. The highest BCUT2D eigenvalue weighted by molar-refractivity contribution is 5.85. The average molecular weight is 513 g/mol. The molecule has 2 aromatic heterocycles. The van der Waals surface area contributed by atoms with E-state index in [-0.39, 0.29) is 36.2 Å². The average Bonchev–Trinajstić information content (AvgIpc) is 2.82. The lowest BCUT2D eigenvalue weighted by atomic mass is 10.0. The third-order valence-electron chi connectivity index (χ3n) is 5.91. The first-order valence-corrected chi connectivity index (χ1v) is 10.9. The van der Waals surface area contributed by atoms with E-state index in [1.54, 1.807) is 6.07 Å². The van der Waals surface area contributed by atoms with Gasteiger partial charge in [0.2, 0.25) is 0 Å². The highest BCUT2D eigenvalue weighted by atomic mass is 35.5. The number of rotatable bonds is 6. The van der Waals surface area contributed by atoms with Crippen LogP contribution in [0, 0.1) is 5.82 Å². The molecule has 2 aliphatic heterocycles. The van der Waals surface area contributed by atoms with Crippen LogP contribution in [0.15, 0.2) is 29.1 Å².